The second kappa shape index (κ2) is 4.52. The lowest BCUT2D eigenvalue weighted by Crippen LogP contribution is -2.21. The number of aliphatic carboxylic acids is 2. The summed E-state index contributed by atoms with van der Waals surface area (Å²) in [6.07, 6.45) is 0. The van der Waals surface area contributed by atoms with Gasteiger partial charge in [-0.15, -0.1) is 0 Å². The normalized spacial score (nSPS) is 11.4. The first kappa shape index (κ1) is 13.1. The van der Waals surface area contributed by atoms with Crippen molar-refractivity contribution in [3.63, 3.8) is 0 Å². The first-order chi connectivity index (χ1) is 7.73. The maximum absolute atomic E-state index is 10.7. The summed E-state index contributed by atoms with van der Waals surface area (Å²) < 4.78 is 30.1. The van der Waals surface area contributed by atoms with E-state index in [1.807, 2.05) is 0 Å². The summed E-state index contributed by atoms with van der Waals surface area (Å²) >= 11 is 0. The summed E-state index contributed by atoms with van der Waals surface area (Å²) in [6.45, 7) is 0. The molecule has 1 rings (SSSR count). The molecule has 1 aromatic carbocycles. The van der Waals surface area contributed by atoms with Crippen molar-refractivity contribution in [2.24, 2.45) is 0 Å². The Morgan fingerprint density at radius 1 is 1.00 bits per heavy atom. The average Bonchev–Trinajstić information content (AvgIpc) is 2.15. The number of carbonyl (C=O) groups is 2. The molecule has 0 aliphatic carbocycles. The Morgan fingerprint density at radius 2 is 1.41 bits per heavy atom. The summed E-state index contributed by atoms with van der Waals surface area (Å²) in [5.74, 6) is -4.89. The zero-order valence-electron chi connectivity index (χ0n) is 8.27. The summed E-state index contributed by atoms with van der Waals surface area (Å²) in [5, 5.41) is 17.4. The third-order valence-corrected chi connectivity index (χ3v) is 2.87. The van der Waals surface area contributed by atoms with Crippen LogP contribution in [0, 0.1) is 0 Å². The lowest BCUT2D eigenvalue weighted by Gasteiger charge is -2.07. The van der Waals surface area contributed by atoms with Crippen molar-refractivity contribution >= 4 is 22.1 Å². The van der Waals surface area contributed by atoms with Gasteiger partial charge in [0.15, 0.2) is 5.92 Å². The van der Waals surface area contributed by atoms with Crippen LogP contribution in [0.1, 0.15) is 11.5 Å². The molecular formula is C9H8O7S. The van der Waals surface area contributed by atoms with Gasteiger partial charge in [0.05, 0.1) is 4.90 Å². The molecule has 1 aromatic rings. The van der Waals surface area contributed by atoms with E-state index in [1.54, 1.807) is 0 Å². The Morgan fingerprint density at radius 3 is 1.71 bits per heavy atom. The lowest BCUT2D eigenvalue weighted by molar-refractivity contribution is -0.150. The summed E-state index contributed by atoms with van der Waals surface area (Å²) in [6, 6.07) is 3.92. The van der Waals surface area contributed by atoms with E-state index in [4.69, 9.17) is 14.8 Å². The minimum Gasteiger partial charge on any atom is -0.480 e. The molecule has 0 spiro atoms. The van der Waals surface area contributed by atoms with Crippen molar-refractivity contribution < 1.29 is 32.8 Å². The molecular weight excluding hydrogens is 252 g/mol. The van der Waals surface area contributed by atoms with Crippen molar-refractivity contribution in [1.29, 1.82) is 0 Å². The molecule has 3 N–H and O–H groups in total. The van der Waals surface area contributed by atoms with Crippen LogP contribution in [0.3, 0.4) is 0 Å². The van der Waals surface area contributed by atoms with Gasteiger partial charge in [-0.3, -0.25) is 14.1 Å². The van der Waals surface area contributed by atoms with E-state index in [2.05, 4.69) is 0 Å². The molecule has 0 aliphatic heterocycles. The SMILES string of the molecule is O=C(O)C(C(=O)O)c1ccc(S(=O)(=O)O)cc1. The van der Waals surface area contributed by atoms with Crippen molar-refractivity contribution in [2.75, 3.05) is 0 Å². The Bertz CT molecular complexity index is 529. The van der Waals surface area contributed by atoms with E-state index in [1.165, 1.54) is 0 Å². The van der Waals surface area contributed by atoms with Crippen molar-refractivity contribution in [3.05, 3.63) is 29.8 Å². The first-order valence-corrected chi connectivity index (χ1v) is 5.70. The van der Waals surface area contributed by atoms with Crippen LogP contribution in [0.2, 0.25) is 0 Å². The van der Waals surface area contributed by atoms with Crippen molar-refractivity contribution in [1.82, 2.24) is 0 Å². The second-order valence-corrected chi connectivity index (χ2v) is 4.58. The van der Waals surface area contributed by atoms with E-state index in [-0.39, 0.29) is 5.56 Å². The highest BCUT2D eigenvalue weighted by Crippen LogP contribution is 2.19. The van der Waals surface area contributed by atoms with Crippen molar-refractivity contribution in [2.45, 2.75) is 10.8 Å². The molecule has 0 amide bonds. The molecule has 0 heterocycles. The predicted molar refractivity (Wildman–Crippen MR) is 54.3 cm³/mol. The molecule has 0 atom stereocenters. The zero-order valence-corrected chi connectivity index (χ0v) is 9.09. The highest BCUT2D eigenvalue weighted by atomic mass is 32.2. The quantitative estimate of drug-likeness (QED) is 0.520. The van der Waals surface area contributed by atoms with E-state index in [0.717, 1.165) is 24.3 Å². The molecule has 0 aliphatic rings. The Hall–Kier alpha value is -1.93. The van der Waals surface area contributed by atoms with E-state index < -0.39 is 32.9 Å². The minimum absolute atomic E-state index is 0.0857. The van der Waals surface area contributed by atoms with Crippen LogP contribution in [0.25, 0.3) is 0 Å². The van der Waals surface area contributed by atoms with E-state index >= 15 is 0 Å². The Kier molecular flexibility index (Phi) is 3.49. The molecule has 0 unspecified atom stereocenters. The number of benzene rings is 1. The highest BCUT2D eigenvalue weighted by Gasteiger charge is 2.27. The topological polar surface area (TPSA) is 129 Å². The van der Waals surface area contributed by atoms with Crippen LogP contribution in [0.5, 0.6) is 0 Å². The van der Waals surface area contributed by atoms with Gasteiger partial charge in [-0.1, -0.05) is 12.1 Å². The largest absolute Gasteiger partial charge is 0.480 e. The van der Waals surface area contributed by atoms with Gasteiger partial charge in [-0.05, 0) is 17.7 Å². The molecule has 0 saturated carbocycles. The highest BCUT2D eigenvalue weighted by molar-refractivity contribution is 7.85. The lowest BCUT2D eigenvalue weighted by atomic mass is 10.00. The van der Waals surface area contributed by atoms with Gasteiger partial charge >= 0.3 is 11.9 Å². The smallest absolute Gasteiger partial charge is 0.322 e. The first-order valence-electron chi connectivity index (χ1n) is 4.26. The van der Waals surface area contributed by atoms with E-state index in [9.17, 15) is 18.0 Å². The number of carboxylic acid groups (broad SMARTS) is 2. The molecule has 0 radical (unpaired) electrons. The van der Waals surface area contributed by atoms with Crippen LogP contribution < -0.4 is 0 Å². The third-order valence-electron chi connectivity index (χ3n) is 2.01. The average molecular weight is 260 g/mol. The second-order valence-electron chi connectivity index (χ2n) is 3.15. The maximum Gasteiger partial charge on any atom is 0.322 e. The fraction of sp³-hybridized carbons (Fsp3) is 0.111. The molecule has 0 fully saturated rings. The zero-order chi connectivity index (χ0) is 13.2. The van der Waals surface area contributed by atoms with Crippen LogP contribution in [0.4, 0.5) is 0 Å². The molecule has 0 aromatic heterocycles. The molecule has 0 saturated heterocycles. The van der Waals surface area contributed by atoms with Gasteiger partial charge in [-0.2, -0.15) is 8.42 Å². The number of hydrogen-bond acceptors (Lipinski definition) is 4. The van der Waals surface area contributed by atoms with Crippen LogP contribution in [0.15, 0.2) is 29.2 Å². The van der Waals surface area contributed by atoms with Gasteiger partial charge in [-0.25, -0.2) is 0 Å². The van der Waals surface area contributed by atoms with Crippen LogP contribution in [-0.2, 0) is 19.7 Å². The molecule has 7 nitrogen and oxygen atoms in total. The number of hydrogen-bond donors (Lipinski definition) is 3. The van der Waals surface area contributed by atoms with Crippen LogP contribution >= 0.6 is 0 Å². The predicted octanol–water partition coefficient (Wildman–Crippen LogP) is 0.186. The minimum atomic E-state index is -4.38. The Labute approximate surface area is 96.1 Å². The summed E-state index contributed by atoms with van der Waals surface area (Å²) in [4.78, 5) is 20.9. The molecule has 92 valence electrons. The monoisotopic (exact) mass is 260 g/mol. The van der Waals surface area contributed by atoms with Crippen LogP contribution in [-0.4, -0.2) is 35.1 Å². The van der Waals surface area contributed by atoms with Gasteiger partial charge in [0, 0.05) is 0 Å². The molecule has 17 heavy (non-hydrogen) atoms. The number of carboxylic acids is 2. The number of rotatable bonds is 4. The summed E-state index contributed by atoms with van der Waals surface area (Å²) in [7, 11) is -4.38. The molecule has 8 heteroatoms. The third kappa shape index (κ3) is 3.02. The fourth-order valence-electron chi connectivity index (χ4n) is 1.22. The van der Waals surface area contributed by atoms with E-state index in [0.29, 0.717) is 0 Å². The van der Waals surface area contributed by atoms with Gasteiger partial charge in [0.2, 0.25) is 0 Å². The van der Waals surface area contributed by atoms with Gasteiger partial charge in [0.25, 0.3) is 10.1 Å². The Balaban J connectivity index is 3.18. The van der Waals surface area contributed by atoms with Gasteiger partial charge in [0.1, 0.15) is 0 Å². The summed E-state index contributed by atoms with van der Waals surface area (Å²) in [5.41, 5.74) is -0.0857. The standard InChI is InChI=1S/C9H8O7S/c10-8(11)7(9(12)13)5-1-3-6(4-2-5)17(14,15)16/h1-4,7H,(H,10,11)(H,12,13)(H,14,15,16). The fourth-order valence-corrected chi connectivity index (χ4v) is 1.70. The maximum atomic E-state index is 10.7. The van der Waals surface area contributed by atoms with Gasteiger partial charge < -0.3 is 10.2 Å². The molecule has 0 bridgehead atoms. The van der Waals surface area contributed by atoms with Crippen molar-refractivity contribution in [3.8, 4) is 0 Å².